The summed E-state index contributed by atoms with van der Waals surface area (Å²) >= 11 is 6.08. The largest absolute Gasteiger partial charge is 0.457 e. The molecular weight excluding hydrogens is 421 g/mol. The first kappa shape index (κ1) is 25.7. The Bertz CT molecular complexity index is 1160. The molecule has 0 amide bonds. The van der Waals surface area contributed by atoms with Gasteiger partial charge in [0, 0.05) is 40.1 Å². The summed E-state index contributed by atoms with van der Waals surface area (Å²) in [5.74, 6) is 0.459. The van der Waals surface area contributed by atoms with Crippen molar-refractivity contribution >= 4 is 40.7 Å². The van der Waals surface area contributed by atoms with E-state index in [0.717, 1.165) is 48.0 Å². The monoisotopic (exact) mass is 455 g/mol. The molecule has 0 bridgehead atoms. The Balaban J connectivity index is 0.000000860. The first-order valence-electron chi connectivity index (χ1n) is 11.5. The van der Waals surface area contributed by atoms with Gasteiger partial charge in [0.15, 0.2) is 0 Å². The molecule has 0 unspecified atom stereocenters. The van der Waals surface area contributed by atoms with Crippen molar-refractivity contribution in [3.8, 4) is 0 Å². The third kappa shape index (κ3) is 5.83. The van der Waals surface area contributed by atoms with E-state index in [-0.39, 0.29) is 5.82 Å². The SMILES string of the molecule is C=C(c1cc(/C=c2\oc(=C)c3cc(Cl)ccc23)ccc1F)N1CCC(C)CC1.CC.CC. The van der Waals surface area contributed by atoms with Gasteiger partial charge >= 0.3 is 0 Å². The summed E-state index contributed by atoms with van der Waals surface area (Å²) in [5.41, 5.74) is 3.39. The highest BCUT2D eigenvalue weighted by molar-refractivity contribution is 6.31. The van der Waals surface area contributed by atoms with Crippen LogP contribution < -0.4 is 10.8 Å². The van der Waals surface area contributed by atoms with Crippen LogP contribution in [0.1, 0.15) is 58.6 Å². The smallest absolute Gasteiger partial charge is 0.135 e. The quantitative estimate of drug-likeness (QED) is 0.414. The number of benzene rings is 2. The highest BCUT2D eigenvalue weighted by Crippen LogP contribution is 2.27. The van der Waals surface area contributed by atoms with Gasteiger partial charge in [-0.3, -0.25) is 0 Å². The number of nitrogens with zero attached hydrogens (tertiary/aromatic N) is 1. The first-order valence-corrected chi connectivity index (χ1v) is 11.9. The lowest BCUT2D eigenvalue weighted by molar-refractivity contribution is 0.268. The lowest BCUT2D eigenvalue weighted by atomic mass is 9.97. The molecule has 1 aliphatic rings. The van der Waals surface area contributed by atoms with E-state index < -0.39 is 0 Å². The third-order valence-electron chi connectivity index (χ3n) is 5.55. The van der Waals surface area contributed by atoms with Gasteiger partial charge in [0.25, 0.3) is 0 Å². The molecule has 4 heteroatoms. The fourth-order valence-electron chi connectivity index (χ4n) is 3.77. The van der Waals surface area contributed by atoms with Gasteiger partial charge in [0.05, 0.1) is 0 Å². The number of halogens is 2. The molecule has 2 aromatic carbocycles. The van der Waals surface area contributed by atoms with Crippen molar-refractivity contribution in [3.05, 3.63) is 75.8 Å². The average molecular weight is 456 g/mol. The Morgan fingerprint density at radius 1 is 1.06 bits per heavy atom. The maximum Gasteiger partial charge on any atom is 0.135 e. The summed E-state index contributed by atoms with van der Waals surface area (Å²) < 4.78 is 20.4. The second kappa shape index (κ2) is 11.9. The molecule has 1 aromatic heterocycles. The molecule has 0 spiro atoms. The van der Waals surface area contributed by atoms with Crippen molar-refractivity contribution in [2.45, 2.75) is 47.5 Å². The number of likely N-dealkylation sites (tertiary alicyclic amines) is 1. The lowest BCUT2D eigenvalue weighted by Crippen LogP contribution is -2.31. The van der Waals surface area contributed by atoms with Crippen molar-refractivity contribution in [2.75, 3.05) is 13.1 Å². The standard InChI is InChI=1S/C24H23ClFNO.2C2H6/c1-15-8-10-27(11-9-15)16(2)21-12-18(4-7-23(21)26)13-24-20-6-5-19(25)14-22(20)17(3)28-24;2*1-2/h4-7,12-15H,2-3,8-11H2,1H3;2*1-2H3/b24-13-;;. The molecule has 3 aromatic rings. The van der Waals surface area contributed by atoms with E-state index >= 15 is 0 Å². The number of fused-ring (bicyclic) bond motifs is 1. The van der Waals surface area contributed by atoms with E-state index in [4.69, 9.17) is 16.0 Å². The van der Waals surface area contributed by atoms with Crippen LogP contribution in [0.25, 0.3) is 29.1 Å². The molecule has 0 saturated carbocycles. The van der Waals surface area contributed by atoms with E-state index in [1.807, 2.05) is 58.0 Å². The molecule has 1 fully saturated rings. The van der Waals surface area contributed by atoms with Crippen molar-refractivity contribution in [2.24, 2.45) is 5.92 Å². The Morgan fingerprint density at radius 3 is 2.38 bits per heavy atom. The second-order valence-electron chi connectivity index (χ2n) is 7.58. The van der Waals surface area contributed by atoms with Crippen LogP contribution in [0.4, 0.5) is 4.39 Å². The molecule has 0 N–H and O–H groups in total. The molecule has 2 nitrogen and oxygen atoms in total. The minimum atomic E-state index is -0.255. The Kier molecular flexibility index (Phi) is 9.59. The molecule has 1 saturated heterocycles. The minimum absolute atomic E-state index is 0.255. The predicted octanol–water partition coefficient (Wildman–Crippen LogP) is 7.22. The molecule has 0 atom stereocenters. The number of furan rings is 1. The fourth-order valence-corrected chi connectivity index (χ4v) is 3.94. The van der Waals surface area contributed by atoms with Gasteiger partial charge in [0.1, 0.15) is 16.6 Å². The average Bonchev–Trinajstić information content (AvgIpc) is 3.12. The van der Waals surface area contributed by atoms with Gasteiger partial charge in [-0.25, -0.2) is 4.39 Å². The lowest BCUT2D eigenvalue weighted by Gasteiger charge is -2.33. The van der Waals surface area contributed by atoms with Crippen molar-refractivity contribution in [1.82, 2.24) is 4.90 Å². The van der Waals surface area contributed by atoms with E-state index in [1.165, 1.54) is 6.07 Å². The van der Waals surface area contributed by atoms with Crippen LogP contribution in [0.15, 0.2) is 47.4 Å². The highest BCUT2D eigenvalue weighted by Gasteiger charge is 2.19. The predicted molar refractivity (Wildman–Crippen MR) is 138 cm³/mol. The number of hydrogen-bond donors (Lipinski definition) is 0. The highest BCUT2D eigenvalue weighted by atomic mass is 35.5. The minimum Gasteiger partial charge on any atom is -0.457 e. The topological polar surface area (TPSA) is 16.4 Å². The molecule has 4 rings (SSSR count). The summed E-state index contributed by atoms with van der Waals surface area (Å²) in [4.78, 5) is 2.18. The van der Waals surface area contributed by atoms with E-state index in [0.29, 0.717) is 27.3 Å². The molecule has 172 valence electrons. The molecule has 0 aliphatic carbocycles. The van der Waals surface area contributed by atoms with Gasteiger partial charge in [-0.15, -0.1) is 0 Å². The van der Waals surface area contributed by atoms with Gasteiger partial charge in [-0.2, -0.15) is 0 Å². The van der Waals surface area contributed by atoms with Crippen LogP contribution in [-0.4, -0.2) is 18.0 Å². The Morgan fingerprint density at radius 2 is 1.72 bits per heavy atom. The second-order valence-corrected chi connectivity index (χ2v) is 8.02. The van der Waals surface area contributed by atoms with E-state index in [2.05, 4.69) is 25.0 Å². The zero-order valence-corrected chi connectivity index (χ0v) is 20.7. The summed E-state index contributed by atoms with van der Waals surface area (Å²) in [6, 6.07) is 10.7. The van der Waals surface area contributed by atoms with E-state index in [1.54, 1.807) is 6.07 Å². The number of piperidine rings is 1. The first-order chi connectivity index (χ1) is 15.4. The molecular formula is C28H35ClFNO. The maximum atomic E-state index is 14.5. The van der Waals surface area contributed by atoms with Crippen molar-refractivity contribution < 1.29 is 8.81 Å². The van der Waals surface area contributed by atoms with Crippen LogP contribution in [-0.2, 0) is 0 Å². The Hall–Kier alpha value is -2.52. The third-order valence-corrected chi connectivity index (χ3v) is 5.78. The van der Waals surface area contributed by atoms with Gasteiger partial charge in [-0.05, 0) is 60.7 Å². The fraction of sp³-hybridized carbons (Fsp3) is 0.357. The summed E-state index contributed by atoms with van der Waals surface area (Å²) in [5, 5.41) is 2.46. The van der Waals surface area contributed by atoms with Gasteiger partial charge in [-0.1, -0.05) is 65.4 Å². The number of rotatable bonds is 3. The molecule has 2 heterocycles. The zero-order valence-electron chi connectivity index (χ0n) is 20.0. The van der Waals surface area contributed by atoms with Crippen LogP contribution in [0.2, 0.25) is 5.02 Å². The van der Waals surface area contributed by atoms with Gasteiger partial charge < -0.3 is 9.32 Å². The van der Waals surface area contributed by atoms with Gasteiger partial charge in [0.2, 0.25) is 0 Å². The molecule has 1 aliphatic heterocycles. The van der Waals surface area contributed by atoms with Crippen LogP contribution in [0.3, 0.4) is 0 Å². The normalized spacial score (nSPS) is 14.5. The van der Waals surface area contributed by atoms with Crippen LogP contribution in [0, 0.1) is 11.7 Å². The number of hydrogen-bond acceptors (Lipinski definition) is 2. The summed E-state index contributed by atoms with van der Waals surface area (Å²) in [6.07, 6.45) is 4.12. The van der Waals surface area contributed by atoms with E-state index in [9.17, 15) is 4.39 Å². The summed E-state index contributed by atoms with van der Waals surface area (Å²) in [7, 11) is 0. The van der Waals surface area contributed by atoms with Crippen LogP contribution in [0.5, 0.6) is 0 Å². The molecule has 0 radical (unpaired) electrons. The maximum absolute atomic E-state index is 14.5. The summed E-state index contributed by atoms with van der Waals surface area (Å²) in [6.45, 7) is 20.2. The zero-order chi connectivity index (χ0) is 23.8. The Labute approximate surface area is 196 Å². The van der Waals surface area contributed by atoms with Crippen molar-refractivity contribution in [1.29, 1.82) is 0 Å². The van der Waals surface area contributed by atoms with Crippen LogP contribution >= 0.6 is 11.6 Å². The molecule has 32 heavy (non-hydrogen) atoms. The van der Waals surface area contributed by atoms with Crippen molar-refractivity contribution in [3.63, 3.8) is 0 Å².